The molecule has 2 fully saturated rings. The molecule has 0 bridgehead atoms. The molecule has 1 N–H and O–H groups in total. The van der Waals surface area contributed by atoms with Crippen LogP contribution in [-0.2, 0) is 11.3 Å². The Bertz CT molecular complexity index is 331. The molecule has 1 saturated heterocycles. The van der Waals surface area contributed by atoms with Crippen molar-refractivity contribution < 1.29 is 4.74 Å². The highest BCUT2D eigenvalue weighted by molar-refractivity contribution is 7.11. The lowest BCUT2D eigenvalue weighted by molar-refractivity contribution is 0.111. The first kappa shape index (κ1) is 9.69. The number of nitrogens with one attached hydrogen (secondary N) is 1. The third kappa shape index (κ3) is 2.35. The van der Waals surface area contributed by atoms with Crippen molar-refractivity contribution in [3.63, 3.8) is 0 Å². The maximum Gasteiger partial charge on any atom is 0.146 e. The average Bonchev–Trinajstić information content (AvgIpc) is 2.78. The van der Waals surface area contributed by atoms with Gasteiger partial charge < -0.3 is 10.1 Å². The van der Waals surface area contributed by atoms with Gasteiger partial charge in [-0.25, -0.2) is 0 Å². The van der Waals surface area contributed by atoms with Crippen LogP contribution in [0.5, 0.6) is 0 Å². The van der Waals surface area contributed by atoms with Crippen LogP contribution in [0.3, 0.4) is 0 Å². The molecule has 0 amide bonds. The molecule has 1 aliphatic heterocycles. The van der Waals surface area contributed by atoms with Crippen LogP contribution in [-0.4, -0.2) is 22.8 Å². The van der Waals surface area contributed by atoms with Gasteiger partial charge in [0.25, 0.3) is 0 Å². The Morgan fingerprint density at radius 3 is 3.00 bits per heavy atom. The highest BCUT2D eigenvalue weighted by atomic mass is 32.1. The van der Waals surface area contributed by atoms with E-state index in [9.17, 15) is 0 Å². The van der Waals surface area contributed by atoms with Gasteiger partial charge in [0, 0.05) is 19.2 Å². The van der Waals surface area contributed by atoms with Gasteiger partial charge in [-0.2, -0.15) is 0 Å². The lowest BCUT2D eigenvalue weighted by Crippen LogP contribution is -2.14. The molecule has 1 atom stereocenters. The Morgan fingerprint density at radius 2 is 2.27 bits per heavy atom. The van der Waals surface area contributed by atoms with E-state index in [2.05, 4.69) is 15.5 Å². The topological polar surface area (TPSA) is 47.0 Å². The molecule has 2 heterocycles. The molecule has 3 rings (SSSR count). The van der Waals surface area contributed by atoms with Gasteiger partial charge in [-0.15, -0.1) is 10.2 Å². The summed E-state index contributed by atoms with van der Waals surface area (Å²) in [6.45, 7) is 1.74. The first-order chi connectivity index (χ1) is 7.42. The number of aromatic nitrogens is 2. The lowest BCUT2D eigenvalue weighted by atomic mass is 10.2. The third-order valence-corrected chi connectivity index (χ3v) is 3.82. The SMILES string of the molecule is C1COC(c2nnc(CNC3CC3)s2)C1. The highest BCUT2D eigenvalue weighted by Crippen LogP contribution is 2.30. The fourth-order valence-electron chi connectivity index (χ4n) is 1.76. The van der Waals surface area contributed by atoms with Crippen molar-refractivity contribution in [3.05, 3.63) is 10.0 Å². The first-order valence-electron chi connectivity index (χ1n) is 5.59. The van der Waals surface area contributed by atoms with Gasteiger partial charge in [0.05, 0.1) is 0 Å². The lowest BCUT2D eigenvalue weighted by Gasteiger charge is -2.02. The predicted molar refractivity (Wildman–Crippen MR) is 57.7 cm³/mol. The molecule has 1 aromatic rings. The number of ether oxygens (including phenoxy) is 1. The van der Waals surface area contributed by atoms with Crippen LogP contribution in [0, 0.1) is 0 Å². The van der Waals surface area contributed by atoms with Crippen molar-refractivity contribution in [2.75, 3.05) is 6.61 Å². The van der Waals surface area contributed by atoms with E-state index in [0.29, 0.717) is 0 Å². The van der Waals surface area contributed by atoms with Gasteiger partial charge in [0.15, 0.2) is 0 Å². The van der Waals surface area contributed by atoms with E-state index in [1.54, 1.807) is 11.3 Å². The summed E-state index contributed by atoms with van der Waals surface area (Å²) in [6, 6.07) is 0.736. The second-order valence-corrected chi connectivity index (χ2v) is 5.28. The van der Waals surface area contributed by atoms with Crippen LogP contribution in [0.4, 0.5) is 0 Å². The summed E-state index contributed by atoms with van der Waals surface area (Å²) in [7, 11) is 0. The largest absolute Gasteiger partial charge is 0.371 e. The molecule has 1 aromatic heterocycles. The van der Waals surface area contributed by atoms with Crippen LogP contribution in [0.2, 0.25) is 0 Å². The monoisotopic (exact) mass is 225 g/mol. The summed E-state index contributed by atoms with van der Waals surface area (Å²) in [4.78, 5) is 0. The molecule has 2 aliphatic rings. The molecule has 0 aromatic carbocycles. The van der Waals surface area contributed by atoms with Gasteiger partial charge >= 0.3 is 0 Å². The molecule has 0 spiro atoms. The summed E-state index contributed by atoms with van der Waals surface area (Å²) in [6.07, 6.45) is 5.11. The Kier molecular flexibility index (Phi) is 2.68. The average molecular weight is 225 g/mol. The maximum absolute atomic E-state index is 5.58. The van der Waals surface area contributed by atoms with E-state index in [1.165, 1.54) is 12.8 Å². The van der Waals surface area contributed by atoms with Crippen LogP contribution < -0.4 is 5.32 Å². The van der Waals surface area contributed by atoms with E-state index in [0.717, 1.165) is 42.1 Å². The van der Waals surface area contributed by atoms with Crippen LogP contribution >= 0.6 is 11.3 Å². The van der Waals surface area contributed by atoms with Gasteiger partial charge in [-0.05, 0) is 25.7 Å². The number of rotatable bonds is 4. The molecule has 1 unspecified atom stereocenters. The summed E-state index contributed by atoms with van der Waals surface area (Å²) < 4.78 is 5.58. The normalized spacial score (nSPS) is 26.0. The van der Waals surface area contributed by atoms with E-state index in [4.69, 9.17) is 4.74 Å². The van der Waals surface area contributed by atoms with Crippen molar-refractivity contribution in [1.82, 2.24) is 15.5 Å². The zero-order chi connectivity index (χ0) is 10.1. The summed E-state index contributed by atoms with van der Waals surface area (Å²) in [5.74, 6) is 0. The van der Waals surface area contributed by atoms with E-state index < -0.39 is 0 Å². The van der Waals surface area contributed by atoms with Gasteiger partial charge in [-0.1, -0.05) is 11.3 Å². The van der Waals surface area contributed by atoms with Gasteiger partial charge in [-0.3, -0.25) is 0 Å². The van der Waals surface area contributed by atoms with Crippen molar-refractivity contribution in [2.24, 2.45) is 0 Å². The zero-order valence-electron chi connectivity index (χ0n) is 8.61. The Balaban J connectivity index is 1.59. The molecule has 0 radical (unpaired) electrons. The molecular formula is C10H15N3OS. The molecule has 4 nitrogen and oxygen atoms in total. The summed E-state index contributed by atoms with van der Waals surface area (Å²) >= 11 is 1.69. The van der Waals surface area contributed by atoms with E-state index in [-0.39, 0.29) is 6.10 Å². The quantitative estimate of drug-likeness (QED) is 0.846. The minimum absolute atomic E-state index is 0.220. The standard InChI is InChI=1S/C10H15N3OS/c1-2-8(14-5-1)10-13-12-9(15-10)6-11-7-3-4-7/h7-8,11H,1-6H2. The highest BCUT2D eigenvalue weighted by Gasteiger charge is 2.23. The Hall–Kier alpha value is -0.520. The molecule has 5 heteroatoms. The Morgan fingerprint density at radius 1 is 1.33 bits per heavy atom. The third-order valence-electron chi connectivity index (χ3n) is 2.81. The zero-order valence-corrected chi connectivity index (χ0v) is 9.42. The molecule has 15 heavy (non-hydrogen) atoms. The fourth-order valence-corrected chi connectivity index (χ4v) is 2.64. The van der Waals surface area contributed by atoms with Crippen molar-refractivity contribution in [2.45, 2.75) is 44.4 Å². The van der Waals surface area contributed by atoms with Crippen LogP contribution in [0.15, 0.2) is 0 Å². The number of hydrogen-bond acceptors (Lipinski definition) is 5. The fraction of sp³-hybridized carbons (Fsp3) is 0.800. The minimum atomic E-state index is 0.220. The Labute approximate surface area is 93.1 Å². The first-order valence-corrected chi connectivity index (χ1v) is 6.41. The smallest absolute Gasteiger partial charge is 0.146 e. The van der Waals surface area contributed by atoms with Crippen LogP contribution in [0.25, 0.3) is 0 Å². The maximum atomic E-state index is 5.58. The molecule has 1 saturated carbocycles. The number of nitrogens with zero attached hydrogens (tertiary/aromatic N) is 2. The molecular weight excluding hydrogens is 210 g/mol. The van der Waals surface area contributed by atoms with Crippen molar-refractivity contribution in [1.29, 1.82) is 0 Å². The second-order valence-electron chi connectivity index (χ2n) is 4.19. The van der Waals surface area contributed by atoms with Gasteiger partial charge in [0.1, 0.15) is 16.1 Å². The van der Waals surface area contributed by atoms with E-state index in [1.807, 2.05) is 0 Å². The molecule has 82 valence electrons. The van der Waals surface area contributed by atoms with Crippen molar-refractivity contribution in [3.8, 4) is 0 Å². The van der Waals surface area contributed by atoms with Crippen LogP contribution in [0.1, 0.15) is 41.8 Å². The minimum Gasteiger partial charge on any atom is -0.371 e. The van der Waals surface area contributed by atoms with Crippen molar-refractivity contribution >= 4 is 11.3 Å². The second kappa shape index (κ2) is 4.15. The molecule has 1 aliphatic carbocycles. The van der Waals surface area contributed by atoms with Gasteiger partial charge in [0.2, 0.25) is 0 Å². The predicted octanol–water partition coefficient (Wildman–Crippen LogP) is 1.64. The van der Waals surface area contributed by atoms with E-state index >= 15 is 0 Å². The summed E-state index contributed by atoms with van der Waals surface area (Å²) in [5.41, 5.74) is 0. The number of hydrogen-bond donors (Lipinski definition) is 1. The summed E-state index contributed by atoms with van der Waals surface area (Å²) in [5, 5.41) is 14.0.